The third-order valence-corrected chi connectivity index (χ3v) is 7.77. The van der Waals surface area contributed by atoms with E-state index < -0.39 is 42.9 Å². The maximum atomic E-state index is 13.6. The van der Waals surface area contributed by atoms with Crippen LogP contribution in [0.25, 0.3) is 0 Å². The number of aliphatic hydroxyl groups excluding tert-OH is 1. The summed E-state index contributed by atoms with van der Waals surface area (Å²) in [6.07, 6.45) is 2.63. The summed E-state index contributed by atoms with van der Waals surface area (Å²) >= 11 is 0. The van der Waals surface area contributed by atoms with Crippen LogP contribution in [0.4, 0.5) is 22.0 Å². The third-order valence-electron chi connectivity index (χ3n) is 7.77. The first-order valence-corrected chi connectivity index (χ1v) is 12.1. The molecule has 3 aliphatic carbocycles. The Bertz CT molecular complexity index is 985. The molecule has 2 fully saturated rings. The van der Waals surface area contributed by atoms with Gasteiger partial charge >= 0.3 is 12.1 Å². The summed E-state index contributed by atoms with van der Waals surface area (Å²) in [6.45, 7) is 6.87. The molecule has 1 amide bonds. The second-order valence-electron chi connectivity index (χ2n) is 10.3. The Labute approximate surface area is 207 Å². The van der Waals surface area contributed by atoms with E-state index in [0.29, 0.717) is 11.5 Å². The topological polar surface area (TPSA) is 70.0 Å². The van der Waals surface area contributed by atoms with Crippen LogP contribution in [0.2, 0.25) is 0 Å². The fraction of sp³-hybridized carbons (Fsp3) is 0.654. The number of hydrogen-bond acceptors (Lipinski definition) is 4. The minimum Gasteiger partial charge on any atom is -0.388 e. The maximum absolute atomic E-state index is 13.6. The molecule has 10 heteroatoms. The summed E-state index contributed by atoms with van der Waals surface area (Å²) in [5.41, 5.74) is 3.38. The van der Waals surface area contributed by atoms with Gasteiger partial charge in [-0.2, -0.15) is 22.0 Å². The molecule has 3 rings (SSSR count). The predicted molar refractivity (Wildman–Crippen MR) is 123 cm³/mol. The number of carbonyl (C=O) groups is 1. The van der Waals surface area contributed by atoms with E-state index in [1.54, 1.807) is 6.08 Å². The molecule has 0 bridgehead atoms. The van der Waals surface area contributed by atoms with Crippen LogP contribution in [-0.2, 0) is 9.63 Å². The number of allylic oxidation sites excluding steroid dienone is 5. The van der Waals surface area contributed by atoms with E-state index >= 15 is 0 Å². The molecular weight excluding hydrogens is 485 g/mol. The Morgan fingerprint density at radius 3 is 2.56 bits per heavy atom. The van der Waals surface area contributed by atoms with Crippen LogP contribution in [0.3, 0.4) is 0 Å². The van der Waals surface area contributed by atoms with E-state index in [-0.39, 0.29) is 22.5 Å². The van der Waals surface area contributed by atoms with E-state index in [9.17, 15) is 37.0 Å². The number of rotatable bonds is 6. The zero-order chi connectivity index (χ0) is 27.1. The van der Waals surface area contributed by atoms with Gasteiger partial charge in [0.2, 0.25) is 5.91 Å². The number of hydroxylamine groups is 2. The van der Waals surface area contributed by atoms with Crippen LogP contribution in [-0.4, -0.2) is 51.7 Å². The third kappa shape index (κ3) is 5.60. The molecule has 5 nitrogen and oxygen atoms in total. The lowest BCUT2D eigenvalue weighted by Gasteiger charge is -2.41. The number of carbonyl (C=O) groups excluding carboxylic acids is 1. The first-order chi connectivity index (χ1) is 16.5. The van der Waals surface area contributed by atoms with Crippen molar-refractivity contribution in [2.75, 3.05) is 6.54 Å². The van der Waals surface area contributed by atoms with Crippen molar-refractivity contribution in [3.63, 3.8) is 0 Å². The minimum atomic E-state index is -5.91. The number of halogens is 5. The molecule has 2 N–H and O–H groups in total. The van der Waals surface area contributed by atoms with Crippen LogP contribution in [0, 0.1) is 11.3 Å². The van der Waals surface area contributed by atoms with Crippen LogP contribution < -0.4 is 0 Å². The summed E-state index contributed by atoms with van der Waals surface area (Å²) in [6, 6.07) is 0. The van der Waals surface area contributed by atoms with Crippen LogP contribution >= 0.6 is 0 Å². The number of fused-ring (bicyclic) bond motifs is 1. The molecule has 0 aliphatic heterocycles. The van der Waals surface area contributed by atoms with Crippen molar-refractivity contribution >= 4 is 5.91 Å². The first kappa shape index (κ1) is 28.5. The molecule has 202 valence electrons. The molecule has 0 aromatic carbocycles. The summed E-state index contributed by atoms with van der Waals surface area (Å²) in [7, 11) is 0. The van der Waals surface area contributed by atoms with Gasteiger partial charge < -0.3 is 10.2 Å². The van der Waals surface area contributed by atoms with E-state index in [2.05, 4.69) is 26.5 Å². The fourth-order valence-electron chi connectivity index (χ4n) is 5.70. The van der Waals surface area contributed by atoms with Gasteiger partial charge in [0.25, 0.3) is 0 Å². The average Bonchev–Trinajstić information content (AvgIpc) is 3.10. The zero-order valence-electron chi connectivity index (χ0n) is 20.8. The quantitative estimate of drug-likeness (QED) is 0.203. The Balaban J connectivity index is 1.83. The molecule has 36 heavy (non-hydrogen) atoms. The smallest absolute Gasteiger partial charge is 0.388 e. The molecule has 0 spiro atoms. The van der Waals surface area contributed by atoms with E-state index in [1.807, 2.05) is 6.08 Å². The average molecular weight is 520 g/mol. The molecule has 0 aromatic heterocycles. The van der Waals surface area contributed by atoms with Gasteiger partial charge in [0.1, 0.15) is 6.54 Å². The normalized spacial score (nSPS) is 33.6. The number of nitrogens with zero attached hydrogens (tertiary/aromatic N) is 1. The minimum absolute atomic E-state index is 0.0793. The molecule has 4 atom stereocenters. The van der Waals surface area contributed by atoms with Gasteiger partial charge in [0, 0.05) is 19.8 Å². The van der Waals surface area contributed by atoms with Crippen molar-refractivity contribution in [1.29, 1.82) is 0 Å². The SMILES string of the molecule is C=C1C(=CC=C2CCC[C@]3(C)C(CC)=CCC23)CC(O)(ON(CC(F)(F)C(F)(F)F)C(C)=O)C[C@@H]1O. The van der Waals surface area contributed by atoms with Crippen LogP contribution in [0.15, 0.2) is 47.1 Å². The van der Waals surface area contributed by atoms with Gasteiger partial charge in [0.05, 0.1) is 6.10 Å². The highest BCUT2D eigenvalue weighted by Crippen LogP contribution is 2.55. The largest absolute Gasteiger partial charge is 0.455 e. The number of aliphatic hydroxyl groups is 2. The lowest BCUT2D eigenvalue weighted by atomic mass is 9.64. The second-order valence-corrected chi connectivity index (χ2v) is 10.3. The van der Waals surface area contributed by atoms with Gasteiger partial charge in [-0.25, -0.2) is 9.90 Å². The number of alkyl halides is 5. The maximum Gasteiger partial charge on any atom is 0.455 e. The van der Waals surface area contributed by atoms with E-state index in [0.717, 1.165) is 39.0 Å². The molecular formula is C26H34F5NO4. The summed E-state index contributed by atoms with van der Waals surface area (Å²) < 4.78 is 65.2. The first-order valence-electron chi connectivity index (χ1n) is 12.1. The molecule has 2 saturated carbocycles. The Morgan fingerprint density at radius 1 is 1.31 bits per heavy atom. The van der Waals surface area contributed by atoms with Gasteiger partial charge in [0.15, 0.2) is 5.79 Å². The zero-order valence-corrected chi connectivity index (χ0v) is 20.8. The van der Waals surface area contributed by atoms with Crippen molar-refractivity contribution in [3.05, 3.63) is 47.1 Å². The molecule has 0 aromatic rings. The fourth-order valence-corrected chi connectivity index (χ4v) is 5.70. The monoisotopic (exact) mass is 519 g/mol. The van der Waals surface area contributed by atoms with Gasteiger partial charge in [-0.1, -0.05) is 49.8 Å². The highest BCUT2D eigenvalue weighted by Gasteiger charge is 2.59. The molecule has 3 aliphatic rings. The van der Waals surface area contributed by atoms with Crippen LogP contribution in [0.5, 0.6) is 0 Å². The molecule has 2 unspecified atom stereocenters. The number of hydrogen-bond donors (Lipinski definition) is 2. The number of amides is 1. The summed E-state index contributed by atoms with van der Waals surface area (Å²) in [5.74, 6) is -8.56. The Morgan fingerprint density at radius 2 is 1.97 bits per heavy atom. The predicted octanol–water partition coefficient (Wildman–Crippen LogP) is 5.76. The van der Waals surface area contributed by atoms with Crippen molar-refractivity contribution in [2.24, 2.45) is 11.3 Å². The highest BCUT2D eigenvalue weighted by molar-refractivity contribution is 5.72. The van der Waals surface area contributed by atoms with Crippen molar-refractivity contribution in [1.82, 2.24) is 5.06 Å². The molecule has 0 radical (unpaired) electrons. The lowest BCUT2D eigenvalue weighted by molar-refractivity contribution is -0.356. The summed E-state index contributed by atoms with van der Waals surface area (Å²) in [5, 5.41) is 21.2. The standard InChI is InChI=1S/C26H34F5NO4/c1-5-20-10-11-21-18(7-6-12-23(20,21)4)8-9-19-13-24(35,14-22(34)16(19)2)36-32(17(3)33)15-25(27,28)26(29,30)31/h8-10,21-22,34-35H,2,5-7,11-15H2,1,3-4H3/t21?,22-,23+,24?/m0/s1. The van der Waals surface area contributed by atoms with Crippen molar-refractivity contribution in [3.8, 4) is 0 Å². The highest BCUT2D eigenvalue weighted by atomic mass is 19.4. The molecule has 0 heterocycles. The van der Waals surface area contributed by atoms with Gasteiger partial charge in [-0.3, -0.25) is 4.79 Å². The van der Waals surface area contributed by atoms with E-state index in [4.69, 9.17) is 4.84 Å². The Hall–Kier alpha value is -2.04. The summed E-state index contributed by atoms with van der Waals surface area (Å²) in [4.78, 5) is 16.8. The second kappa shape index (κ2) is 10.0. The van der Waals surface area contributed by atoms with Gasteiger partial charge in [-0.05, 0) is 54.6 Å². The van der Waals surface area contributed by atoms with Crippen LogP contribution in [0.1, 0.15) is 65.7 Å². The van der Waals surface area contributed by atoms with Crippen molar-refractivity contribution < 1.29 is 41.8 Å². The van der Waals surface area contributed by atoms with Crippen molar-refractivity contribution in [2.45, 2.75) is 89.7 Å². The lowest BCUT2D eigenvalue weighted by Crippen LogP contribution is -2.53. The Kier molecular flexibility index (Phi) is 7.94. The van der Waals surface area contributed by atoms with Gasteiger partial charge in [-0.15, -0.1) is 0 Å². The van der Waals surface area contributed by atoms with E-state index in [1.165, 1.54) is 11.1 Å². The molecule has 0 saturated heterocycles.